The lowest BCUT2D eigenvalue weighted by Crippen LogP contribution is -2.20. The molecule has 40 heavy (non-hydrogen) atoms. The van der Waals surface area contributed by atoms with E-state index in [9.17, 15) is 4.79 Å². The van der Waals surface area contributed by atoms with Crippen LogP contribution in [0.1, 0.15) is 16.7 Å². The van der Waals surface area contributed by atoms with Gasteiger partial charge in [0.15, 0.2) is 5.76 Å². The smallest absolute Gasteiger partial charge is 0.282 e. The molecule has 3 heterocycles. The van der Waals surface area contributed by atoms with Crippen molar-refractivity contribution < 1.29 is 4.42 Å². The van der Waals surface area contributed by atoms with Crippen LogP contribution in [0, 0.1) is 6.92 Å². The van der Waals surface area contributed by atoms with E-state index in [4.69, 9.17) is 14.5 Å². The van der Waals surface area contributed by atoms with Crippen LogP contribution < -0.4 is 5.56 Å². The normalized spacial score (nSPS) is 11.8. The van der Waals surface area contributed by atoms with Crippen molar-refractivity contribution in [1.82, 2.24) is 14.2 Å². The quantitative estimate of drug-likeness (QED) is 0.193. The highest BCUT2D eigenvalue weighted by molar-refractivity contribution is 9.10. The topological polar surface area (TPSA) is 65.3 Å². The van der Waals surface area contributed by atoms with E-state index < -0.39 is 0 Å². The van der Waals surface area contributed by atoms with Crippen LogP contribution in [-0.4, -0.2) is 20.4 Å². The molecule has 3 aromatic heterocycles. The van der Waals surface area contributed by atoms with Crippen molar-refractivity contribution in [3.05, 3.63) is 135 Å². The van der Waals surface area contributed by atoms with Crippen molar-refractivity contribution in [3.8, 4) is 11.6 Å². The minimum atomic E-state index is -0.262. The van der Waals surface area contributed by atoms with Gasteiger partial charge in [0.05, 0.1) is 17.1 Å². The Bertz CT molecular complexity index is 2150. The average molecular weight is 587 g/mol. The van der Waals surface area contributed by atoms with Gasteiger partial charge in [-0.25, -0.2) is 4.98 Å². The van der Waals surface area contributed by atoms with Gasteiger partial charge in [0.2, 0.25) is 5.82 Å². The zero-order valence-corrected chi connectivity index (χ0v) is 23.2. The third-order valence-electron chi connectivity index (χ3n) is 7.02. The SMILES string of the molecule is Cc1cccc(Cn2cc(C=Nn3c(-c4cc5cc(Br)ccc5o4)nc4ccccc4c3=O)c3ccccc32)c1. The maximum atomic E-state index is 13.7. The summed E-state index contributed by atoms with van der Waals surface area (Å²) >= 11 is 3.52. The second-order valence-electron chi connectivity index (χ2n) is 9.83. The van der Waals surface area contributed by atoms with Gasteiger partial charge in [-0.2, -0.15) is 9.78 Å². The number of hydrogen-bond acceptors (Lipinski definition) is 4. The number of para-hydroxylation sites is 2. The number of benzene rings is 4. The minimum absolute atomic E-state index is 0.262. The molecule has 0 amide bonds. The van der Waals surface area contributed by atoms with Gasteiger partial charge in [0.1, 0.15) is 5.58 Å². The number of fused-ring (bicyclic) bond motifs is 3. The van der Waals surface area contributed by atoms with Gasteiger partial charge in [-0.05, 0) is 55.0 Å². The van der Waals surface area contributed by atoms with Gasteiger partial charge in [-0.15, -0.1) is 0 Å². The van der Waals surface area contributed by atoms with E-state index in [2.05, 4.69) is 70.0 Å². The Hall–Kier alpha value is -4.75. The molecule has 0 aliphatic carbocycles. The Morgan fingerprint density at radius 1 is 0.925 bits per heavy atom. The van der Waals surface area contributed by atoms with E-state index in [1.54, 1.807) is 12.3 Å². The van der Waals surface area contributed by atoms with Crippen LogP contribution in [0.3, 0.4) is 0 Å². The van der Waals surface area contributed by atoms with E-state index in [-0.39, 0.29) is 5.56 Å². The van der Waals surface area contributed by atoms with Crippen molar-refractivity contribution in [3.63, 3.8) is 0 Å². The fourth-order valence-electron chi connectivity index (χ4n) is 5.15. The second-order valence-corrected chi connectivity index (χ2v) is 10.7. The summed E-state index contributed by atoms with van der Waals surface area (Å²) in [4.78, 5) is 18.5. The number of aromatic nitrogens is 3. The molecule has 0 N–H and O–H groups in total. The Labute approximate surface area is 237 Å². The van der Waals surface area contributed by atoms with Gasteiger partial charge in [-0.3, -0.25) is 4.79 Å². The summed E-state index contributed by atoms with van der Waals surface area (Å²) in [5.41, 5.74) is 5.48. The lowest BCUT2D eigenvalue weighted by molar-refractivity contribution is 0.616. The molecule has 0 atom stereocenters. The molecule has 0 aliphatic rings. The molecule has 0 fully saturated rings. The van der Waals surface area contributed by atoms with Crippen LogP contribution in [0.2, 0.25) is 0 Å². The molecule has 0 aliphatic heterocycles. The number of aryl methyl sites for hydroxylation is 1. The zero-order chi connectivity index (χ0) is 27.2. The van der Waals surface area contributed by atoms with Crippen LogP contribution in [-0.2, 0) is 6.54 Å². The van der Waals surface area contributed by atoms with E-state index >= 15 is 0 Å². The Morgan fingerprint density at radius 3 is 2.62 bits per heavy atom. The van der Waals surface area contributed by atoms with Gasteiger partial charge < -0.3 is 8.98 Å². The molecule has 4 aromatic carbocycles. The Morgan fingerprint density at radius 2 is 1.75 bits per heavy atom. The molecule has 194 valence electrons. The van der Waals surface area contributed by atoms with Crippen molar-refractivity contribution in [2.45, 2.75) is 13.5 Å². The minimum Gasteiger partial charge on any atom is -0.453 e. The van der Waals surface area contributed by atoms with Gasteiger partial charge >= 0.3 is 0 Å². The molecular weight excluding hydrogens is 564 g/mol. The first-order chi connectivity index (χ1) is 19.5. The maximum Gasteiger partial charge on any atom is 0.282 e. The van der Waals surface area contributed by atoms with Crippen molar-refractivity contribution in [1.29, 1.82) is 0 Å². The van der Waals surface area contributed by atoms with Crippen LogP contribution in [0.5, 0.6) is 0 Å². The number of hydrogen-bond donors (Lipinski definition) is 0. The number of halogens is 1. The molecular formula is C33H23BrN4O2. The highest BCUT2D eigenvalue weighted by Gasteiger charge is 2.17. The third-order valence-corrected chi connectivity index (χ3v) is 7.51. The molecule has 0 saturated carbocycles. The van der Waals surface area contributed by atoms with Gasteiger partial charge in [-0.1, -0.05) is 76.1 Å². The lowest BCUT2D eigenvalue weighted by atomic mass is 10.1. The van der Waals surface area contributed by atoms with E-state index in [1.165, 1.54) is 15.8 Å². The van der Waals surface area contributed by atoms with Crippen molar-refractivity contribution in [2.75, 3.05) is 0 Å². The lowest BCUT2D eigenvalue weighted by Gasteiger charge is -2.07. The van der Waals surface area contributed by atoms with E-state index in [1.807, 2.05) is 54.6 Å². The molecule has 0 radical (unpaired) electrons. The molecule has 0 bridgehead atoms. The fraction of sp³-hybridized carbons (Fsp3) is 0.0606. The molecule has 0 unspecified atom stereocenters. The number of rotatable bonds is 5. The first-order valence-electron chi connectivity index (χ1n) is 12.9. The molecule has 0 spiro atoms. The summed E-state index contributed by atoms with van der Waals surface area (Å²) in [6.07, 6.45) is 3.81. The van der Waals surface area contributed by atoms with Crippen LogP contribution in [0.4, 0.5) is 0 Å². The zero-order valence-electron chi connectivity index (χ0n) is 21.6. The largest absolute Gasteiger partial charge is 0.453 e. The highest BCUT2D eigenvalue weighted by atomic mass is 79.9. The summed E-state index contributed by atoms with van der Waals surface area (Å²) in [6.45, 7) is 2.83. The van der Waals surface area contributed by atoms with Crippen molar-refractivity contribution in [2.24, 2.45) is 5.10 Å². The van der Waals surface area contributed by atoms with Crippen LogP contribution in [0.15, 0.2) is 122 Å². The average Bonchev–Trinajstić information content (AvgIpc) is 3.53. The summed E-state index contributed by atoms with van der Waals surface area (Å²) in [7, 11) is 0. The van der Waals surface area contributed by atoms with E-state index in [0.717, 1.165) is 32.9 Å². The molecule has 0 saturated heterocycles. The van der Waals surface area contributed by atoms with Gasteiger partial charge in [0, 0.05) is 39.1 Å². The fourth-order valence-corrected chi connectivity index (χ4v) is 5.53. The third kappa shape index (κ3) is 4.34. The van der Waals surface area contributed by atoms with E-state index in [0.29, 0.717) is 28.1 Å². The van der Waals surface area contributed by atoms with Crippen LogP contribution in [0.25, 0.3) is 44.4 Å². The number of nitrogens with zero attached hydrogens (tertiary/aromatic N) is 4. The summed E-state index contributed by atoms with van der Waals surface area (Å²) < 4.78 is 10.6. The summed E-state index contributed by atoms with van der Waals surface area (Å²) in [5, 5.41) is 7.15. The summed E-state index contributed by atoms with van der Waals surface area (Å²) in [5.74, 6) is 0.811. The van der Waals surface area contributed by atoms with Crippen molar-refractivity contribution >= 4 is 54.9 Å². The first-order valence-corrected chi connectivity index (χ1v) is 13.7. The highest BCUT2D eigenvalue weighted by Crippen LogP contribution is 2.29. The number of furan rings is 1. The standard InChI is InChI=1S/C33H23BrN4O2/c1-21-7-6-8-22(15-21)19-37-20-24(26-9-3-5-12-29(26)37)18-35-38-32(36-28-11-4-2-10-27(28)33(38)39)31-17-23-16-25(34)13-14-30(23)40-31/h2-18,20H,19H2,1H3. The summed E-state index contributed by atoms with van der Waals surface area (Å²) in [6, 6.07) is 31.7. The monoisotopic (exact) mass is 586 g/mol. The van der Waals surface area contributed by atoms with Gasteiger partial charge in [0.25, 0.3) is 5.56 Å². The Balaban J connectivity index is 1.38. The predicted octanol–water partition coefficient (Wildman–Crippen LogP) is 7.77. The molecule has 7 rings (SSSR count). The molecule has 6 nitrogen and oxygen atoms in total. The molecule has 7 heteroatoms. The predicted molar refractivity (Wildman–Crippen MR) is 164 cm³/mol. The second kappa shape index (κ2) is 9.77. The first kappa shape index (κ1) is 24.3. The Kier molecular flexibility index (Phi) is 5.94. The maximum absolute atomic E-state index is 13.7. The van der Waals surface area contributed by atoms with Crippen LogP contribution >= 0.6 is 15.9 Å². The molecule has 7 aromatic rings.